The average Bonchev–Trinajstić information content (AvgIpc) is 2.53. The topological polar surface area (TPSA) is 46.3 Å². The number of hydrazine groups is 1. The van der Waals surface area contributed by atoms with E-state index in [0.717, 1.165) is 12.8 Å². The van der Waals surface area contributed by atoms with Crippen LogP contribution in [0, 0.1) is 5.41 Å². The number of carbonyl (C=O) groups is 1. The molecule has 0 saturated carbocycles. The van der Waals surface area contributed by atoms with Gasteiger partial charge in [0.15, 0.2) is 0 Å². The Morgan fingerprint density at radius 1 is 1.38 bits per heavy atom. The minimum atomic E-state index is 0.182. The van der Waals surface area contributed by atoms with Gasteiger partial charge in [0.05, 0.1) is 0 Å². The molecule has 3 heteroatoms. The number of nitrogens with two attached hydrogens (primary N) is 1. The summed E-state index contributed by atoms with van der Waals surface area (Å²) >= 11 is 0. The Bertz CT molecular complexity index is 156. The molecule has 0 aromatic rings. The van der Waals surface area contributed by atoms with Crippen LogP contribution in [0.4, 0.5) is 0 Å². The summed E-state index contributed by atoms with van der Waals surface area (Å²) in [5, 5.41) is 1.90. The molecule has 0 aromatic heterocycles. The fraction of sp³-hybridized carbons (Fsp3) is 0.923. The van der Waals surface area contributed by atoms with Gasteiger partial charge in [-0.3, -0.25) is 5.84 Å². The van der Waals surface area contributed by atoms with Gasteiger partial charge in [0.1, 0.15) is 6.29 Å². The number of hydrogen-bond acceptors (Lipinski definition) is 3. The Hall–Kier alpha value is -0.410. The van der Waals surface area contributed by atoms with Gasteiger partial charge in [0.25, 0.3) is 0 Å². The summed E-state index contributed by atoms with van der Waals surface area (Å²) in [6.45, 7) is 13.4. The van der Waals surface area contributed by atoms with Crippen molar-refractivity contribution in [3.8, 4) is 0 Å². The van der Waals surface area contributed by atoms with E-state index in [0.29, 0.717) is 12.5 Å². The molecule has 1 rings (SSSR count). The molecule has 98 valence electrons. The second-order valence-corrected chi connectivity index (χ2v) is 5.16. The average molecular weight is 230 g/mol. The first-order valence-corrected chi connectivity index (χ1v) is 6.32. The lowest BCUT2D eigenvalue weighted by Gasteiger charge is -2.11. The van der Waals surface area contributed by atoms with Crippen LogP contribution in [-0.2, 0) is 4.79 Å². The van der Waals surface area contributed by atoms with Gasteiger partial charge in [-0.2, -0.15) is 0 Å². The molecule has 1 atom stereocenters. The Balaban J connectivity index is 0. The molecule has 1 aliphatic heterocycles. The molecule has 1 heterocycles. The number of carbonyl (C=O) groups excluding carboxylic acids is 1. The van der Waals surface area contributed by atoms with E-state index >= 15 is 0 Å². The summed E-state index contributed by atoms with van der Waals surface area (Å²) in [6, 6.07) is 0.625. The van der Waals surface area contributed by atoms with E-state index in [1.54, 1.807) is 0 Å². The van der Waals surface area contributed by atoms with Crippen LogP contribution < -0.4 is 5.84 Å². The number of aldehydes is 1. The molecule has 1 fully saturated rings. The fourth-order valence-electron chi connectivity index (χ4n) is 1.21. The van der Waals surface area contributed by atoms with Gasteiger partial charge in [-0.1, -0.05) is 34.6 Å². The highest BCUT2D eigenvalue weighted by atomic mass is 16.1. The first-order chi connectivity index (χ1) is 7.37. The van der Waals surface area contributed by atoms with Crippen LogP contribution in [0.5, 0.6) is 0 Å². The third-order valence-electron chi connectivity index (χ3n) is 2.30. The highest BCUT2D eigenvalue weighted by Gasteiger charge is 2.15. The monoisotopic (exact) mass is 230 g/mol. The number of hydrogen-bond donors (Lipinski definition) is 1. The quantitative estimate of drug-likeness (QED) is 0.556. The molecular weight excluding hydrogens is 200 g/mol. The van der Waals surface area contributed by atoms with Crippen LogP contribution in [0.25, 0.3) is 0 Å². The lowest BCUT2D eigenvalue weighted by molar-refractivity contribution is -0.109. The summed E-state index contributed by atoms with van der Waals surface area (Å²) in [5.74, 6) is 5.51. The largest absolute Gasteiger partial charge is 0.303 e. The van der Waals surface area contributed by atoms with Crippen molar-refractivity contribution >= 4 is 6.29 Å². The SMILES string of the molecule is CC.CC(C)(C)CC=O.CC1CCCN1N. The number of nitrogens with zero attached hydrogens (tertiary/aromatic N) is 1. The van der Waals surface area contributed by atoms with Crippen molar-refractivity contribution in [2.45, 2.75) is 66.8 Å². The van der Waals surface area contributed by atoms with E-state index in [2.05, 4.69) is 6.92 Å². The molecule has 0 bridgehead atoms. The summed E-state index contributed by atoms with van der Waals surface area (Å²) in [4.78, 5) is 9.82. The Labute approximate surface area is 101 Å². The van der Waals surface area contributed by atoms with Crippen molar-refractivity contribution in [3.63, 3.8) is 0 Å². The summed E-state index contributed by atoms with van der Waals surface area (Å²) in [5.41, 5.74) is 0.182. The minimum Gasteiger partial charge on any atom is -0.303 e. The first-order valence-electron chi connectivity index (χ1n) is 6.32. The van der Waals surface area contributed by atoms with E-state index in [9.17, 15) is 4.79 Å². The standard InChI is InChI=1S/C6H12O.C5H12N2.C2H6/c1-6(2,3)4-5-7;1-5-3-2-4-7(5)6;1-2/h5H,4H2,1-3H3;5H,2-4,6H2,1H3;1-2H3. The predicted octanol–water partition coefficient (Wildman–Crippen LogP) is 2.99. The van der Waals surface area contributed by atoms with Crippen LogP contribution in [-0.4, -0.2) is 23.9 Å². The van der Waals surface area contributed by atoms with Crippen molar-refractivity contribution in [2.24, 2.45) is 11.3 Å². The molecule has 3 nitrogen and oxygen atoms in total. The van der Waals surface area contributed by atoms with Crippen molar-refractivity contribution in [2.75, 3.05) is 6.54 Å². The molecule has 0 radical (unpaired) electrons. The molecular formula is C13H30N2O. The van der Waals surface area contributed by atoms with Gasteiger partial charge in [-0.05, 0) is 25.2 Å². The van der Waals surface area contributed by atoms with Gasteiger partial charge in [0, 0.05) is 19.0 Å². The minimum absolute atomic E-state index is 0.182. The van der Waals surface area contributed by atoms with Gasteiger partial charge >= 0.3 is 0 Å². The number of rotatable bonds is 1. The van der Waals surface area contributed by atoms with Crippen LogP contribution in [0.1, 0.15) is 60.8 Å². The predicted molar refractivity (Wildman–Crippen MR) is 71.1 cm³/mol. The molecule has 0 aliphatic carbocycles. The first kappa shape index (κ1) is 18.0. The maximum absolute atomic E-state index is 9.82. The zero-order chi connectivity index (χ0) is 13.2. The van der Waals surface area contributed by atoms with Crippen molar-refractivity contribution in [1.82, 2.24) is 5.01 Å². The molecule has 2 N–H and O–H groups in total. The lowest BCUT2D eigenvalue weighted by atomic mass is 9.93. The summed E-state index contributed by atoms with van der Waals surface area (Å²) in [6.07, 6.45) is 4.17. The third kappa shape index (κ3) is 11.7. The summed E-state index contributed by atoms with van der Waals surface area (Å²) < 4.78 is 0. The van der Waals surface area contributed by atoms with E-state index in [1.165, 1.54) is 12.8 Å². The maximum atomic E-state index is 9.82. The van der Waals surface area contributed by atoms with Gasteiger partial charge in [-0.25, -0.2) is 5.01 Å². The molecule has 0 spiro atoms. The molecule has 1 saturated heterocycles. The van der Waals surface area contributed by atoms with Crippen molar-refractivity contribution in [1.29, 1.82) is 0 Å². The second-order valence-electron chi connectivity index (χ2n) is 5.16. The van der Waals surface area contributed by atoms with E-state index in [1.807, 2.05) is 39.6 Å². The van der Waals surface area contributed by atoms with Crippen LogP contribution >= 0.6 is 0 Å². The van der Waals surface area contributed by atoms with Crippen LogP contribution in [0.2, 0.25) is 0 Å². The Kier molecular flexibility index (Phi) is 11.0. The van der Waals surface area contributed by atoms with Gasteiger partial charge < -0.3 is 4.79 Å². The van der Waals surface area contributed by atoms with Crippen molar-refractivity contribution < 1.29 is 4.79 Å². The molecule has 1 unspecified atom stereocenters. The normalized spacial score (nSPS) is 20.3. The van der Waals surface area contributed by atoms with E-state index in [4.69, 9.17) is 5.84 Å². The second kappa shape index (κ2) is 9.79. The smallest absolute Gasteiger partial charge is 0.120 e. The molecule has 16 heavy (non-hydrogen) atoms. The summed E-state index contributed by atoms with van der Waals surface area (Å²) in [7, 11) is 0. The van der Waals surface area contributed by atoms with E-state index in [-0.39, 0.29) is 5.41 Å². The van der Waals surface area contributed by atoms with E-state index < -0.39 is 0 Å². The van der Waals surface area contributed by atoms with Crippen LogP contribution in [0.15, 0.2) is 0 Å². The Morgan fingerprint density at radius 2 is 1.88 bits per heavy atom. The zero-order valence-corrected chi connectivity index (χ0v) is 11.9. The fourth-order valence-corrected chi connectivity index (χ4v) is 1.21. The lowest BCUT2D eigenvalue weighted by Crippen LogP contribution is -2.33. The highest BCUT2D eigenvalue weighted by molar-refractivity contribution is 5.50. The maximum Gasteiger partial charge on any atom is 0.120 e. The van der Waals surface area contributed by atoms with Gasteiger partial charge in [0.2, 0.25) is 0 Å². The van der Waals surface area contributed by atoms with Gasteiger partial charge in [-0.15, -0.1) is 0 Å². The third-order valence-corrected chi connectivity index (χ3v) is 2.30. The molecule has 1 aliphatic rings. The highest BCUT2D eigenvalue weighted by Crippen LogP contribution is 2.15. The molecule has 0 amide bonds. The zero-order valence-electron chi connectivity index (χ0n) is 11.9. The Morgan fingerprint density at radius 3 is 1.94 bits per heavy atom. The van der Waals surface area contributed by atoms with Crippen molar-refractivity contribution in [3.05, 3.63) is 0 Å². The molecule has 0 aromatic carbocycles. The van der Waals surface area contributed by atoms with Crippen LogP contribution in [0.3, 0.4) is 0 Å².